The summed E-state index contributed by atoms with van der Waals surface area (Å²) in [6.45, 7) is 8.54. The lowest BCUT2D eigenvalue weighted by atomic mass is 9.86. The van der Waals surface area contributed by atoms with Gasteiger partial charge in [0.25, 0.3) is 5.69 Å². The van der Waals surface area contributed by atoms with Gasteiger partial charge in [-0.05, 0) is 65.6 Å². The number of hydrogen-bond donors (Lipinski definition) is 1. The van der Waals surface area contributed by atoms with Crippen molar-refractivity contribution in [3.8, 4) is 17.2 Å². The summed E-state index contributed by atoms with van der Waals surface area (Å²) in [5.74, 6) is 0.178. The summed E-state index contributed by atoms with van der Waals surface area (Å²) >= 11 is 0. The molecule has 40 heavy (non-hydrogen) atoms. The first kappa shape index (κ1) is 28.2. The van der Waals surface area contributed by atoms with Crippen LogP contribution < -0.4 is 14.9 Å². The summed E-state index contributed by atoms with van der Waals surface area (Å²) in [6, 6.07) is 16.3. The highest BCUT2D eigenvalue weighted by Crippen LogP contribution is 2.47. The van der Waals surface area contributed by atoms with Crippen molar-refractivity contribution in [2.75, 3.05) is 6.61 Å². The van der Waals surface area contributed by atoms with Gasteiger partial charge < -0.3 is 9.47 Å². The van der Waals surface area contributed by atoms with E-state index in [2.05, 4.69) is 55.6 Å². The molecule has 3 aromatic rings. The zero-order valence-corrected chi connectivity index (χ0v) is 22.6. The zero-order valence-electron chi connectivity index (χ0n) is 22.6. The van der Waals surface area contributed by atoms with Crippen LogP contribution in [0.2, 0.25) is 0 Å². The first-order valence-corrected chi connectivity index (χ1v) is 12.8. The Kier molecular flexibility index (Phi) is 8.13. The third-order valence-electron chi connectivity index (χ3n) is 6.56. The van der Waals surface area contributed by atoms with Gasteiger partial charge in [0.1, 0.15) is 0 Å². The van der Waals surface area contributed by atoms with Crippen LogP contribution in [0.3, 0.4) is 0 Å². The molecule has 0 heterocycles. The van der Waals surface area contributed by atoms with Crippen LogP contribution in [0.4, 0.5) is 11.4 Å². The number of nitro benzene ring substituents is 2. The highest BCUT2D eigenvalue weighted by molar-refractivity contribution is 5.86. The molecule has 1 N–H and O–H groups in total. The van der Waals surface area contributed by atoms with Gasteiger partial charge in [0.05, 0.1) is 28.7 Å². The number of nitrogens with zero attached hydrogens (tertiary/aromatic N) is 3. The second kappa shape index (κ2) is 11.5. The van der Waals surface area contributed by atoms with Crippen LogP contribution in [0, 0.1) is 26.1 Å². The number of carbonyl (C=O) groups excluding carboxylic acids is 1. The Bertz CT molecular complexity index is 1460. The molecule has 4 rings (SSSR count). The average Bonchev–Trinajstić information content (AvgIpc) is 3.71. The van der Waals surface area contributed by atoms with E-state index in [0.717, 1.165) is 24.1 Å². The second-order valence-electron chi connectivity index (χ2n) is 10.5. The maximum absolute atomic E-state index is 12.6. The van der Waals surface area contributed by atoms with Crippen LogP contribution in [0.5, 0.6) is 17.2 Å². The molecule has 2 atom stereocenters. The summed E-state index contributed by atoms with van der Waals surface area (Å²) in [6.07, 6.45) is 2.24. The molecule has 1 aliphatic carbocycles. The first-order chi connectivity index (χ1) is 19.0. The van der Waals surface area contributed by atoms with Crippen LogP contribution in [-0.4, -0.2) is 28.6 Å². The van der Waals surface area contributed by atoms with Crippen molar-refractivity contribution >= 4 is 23.5 Å². The Hall–Kier alpha value is -4.80. The molecule has 208 valence electrons. The van der Waals surface area contributed by atoms with Gasteiger partial charge in [-0.1, -0.05) is 45.0 Å². The molecule has 0 saturated heterocycles. The molecule has 11 heteroatoms. The normalized spacial score (nSPS) is 16.4. The molecule has 2 unspecified atom stereocenters. The lowest BCUT2D eigenvalue weighted by Crippen LogP contribution is -2.20. The predicted molar refractivity (Wildman–Crippen MR) is 149 cm³/mol. The number of carbonyl (C=O) groups is 1. The molecule has 3 aromatic carbocycles. The highest BCUT2D eigenvalue weighted by Gasteiger charge is 2.44. The standard InChI is InChI=1S/C29H30N4O7/c1-5-39-27-14-18(6-12-26(27)40-25-13-11-21(32(35)36)15-24(25)33(37)38)17-30-31-28(34)23-16-22(23)19-7-9-20(10-8-19)29(2,3)4/h6-15,17,22-23H,5,16H2,1-4H3,(H,31,34). The third kappa shape index (κ3) is 6.60. The number of hydrogen-bond acceptors (Lipinski definition) is 8. The molecule has 11 nitrogen and oxygen atoms in total. The van der Waals surface area contributed by atoms with E-state index in [1.54, 1.807) is 19.1 Å². The van der Waals surface area contributed by atoms with E-state index in [1.807, 2.05) is 0 Å². The van der Waals surface area contributed by atoms with Gasteiger partial charge in [-0.2, -0.15) is 5.10 Å². The van der Waals surface area contributed by atoms with Gasteiger partial charge in [0.15, 0.2) is 11.5 Å². The number of nitro groups is 2. The van der Waals surface area contributed by atoms with Gasteiger partial charge in [0, 0.05) is 12.0 Å². The molecule has 0 aliphatic heterocycles. The van der Waals surface area contributed by atoms with Crippen molar-refractivity contribution in [1.29, 1.82) is 0 Å². The Balaban J connectivity index is 1.41. The Morgan fingerprint density at radius 3 is 2.33 bits per heavy atom. The minimum absolute atomic E-state index is 0.0720. The first-order valence-electron chi connectivity index (χ1n) is 12.8. The lowest BCUT2D eigenvalue weighted by molar-refractivity contribution is -0.394. The van der Waals surface area contributed by atoms with Crippen molar-refractivity contribution in [3.05, 3.63) is 97.6 Å². The van der Waals surface area contributed by atoms with Crippen LogP contribution >= 0.6 is 0 Å². The summed E-state index contributed by atoms with van der Waals surface area (Å²) in [5.41, 5.74) is 4.68. The topological polar surface area (TPSA) is 146 Å². The van der Waals surface area contributed by atoms with Crippen LogP contribution in [0.15, 0.2) is 65.8 Å². The number of ether oxygens (including phenoxy) is 2. The van der Waals surface area contributed by atoms with Crippen LogP contribution in [0.25, 0.3) is 0 Å². The van der Waals surface area contributed by atoms with E-state index in [1.165, 1.54) is 23.9 Å². The van der Waals surface area contributed by atoms with Crippen molar-refractivity contribution in [2.24, 2.45) is 11.0 Å². The van der Waals surface area contributed by atoms with Crippen molar-refractivity contribution in [1.82, 2.24) is 5.43 Å². The van der Waals surface area contributed by atoms with E-state index in [4.69, 9.17) is 9.47 Å². The van der Waals surface area contributed by atoms with Crippen molar-refractivity contribution in [2.45, 2.75) is 45.4 Å². The number of hydrazone groups is 1. The van der Waals surface area contributed by atoms with Gasteiger partial charge in [-0.15, -0.1) is 0 Å². The Morgan fingerprint density at radius 1 is 1.00 bits per heavy atom. The fourth-order valence-corrected chi connectivity index (χ4v) is 4.26. The minimum Gasteiger partial charge on any atom is -0.490 e. The maximum Gasteiger partial charge on any atom is 0.318 e. The van der Waals surface area contributed by atoms with E-state index in [-0.39, 0.29) is 47.0 Å². The van der Waals surface area contributed by atoms with Gasteiger partial charge >= 0.3 is 5.69 Å². The van der Waals surface area contributed by atoms with Crippen LogP contribution in [-0.2, 0) is 10.2 Å². The van der Waals surface area contributed by atoms with Crippen molar-refractivity contribution < 1.29 is 24.1 Å². The molecule has 0 bridgehead atoms. The Morgan fingerprint density at radius 2 is 1.70 bits per heavy atom. The number of amides is 1. The fraction of sp³-hybridized carbons (Fsp3) is 0.310. The minimum atomic E-state index is -0.752. The molecule has 0 spiro atoms. The zero-order chi connectivity index (χ0) is 29.0. The lowest BCUT2D eigenvalue weighted by Gasteiger charge is -2.19. The number of non-ortho nitro benzene ring substituents is 1. The summed E-state index contributed by atoms with van der Waals surface area (Å²) in [5, 5.41) is 26.5. The van der Waals surface area contributed by atoms with Gasteiger partial charge in [-0.3, -0.25) is 25.0 Å². The second-order valence-corrected chi connectivity index (χ2v) is 10.5. The van der Waals surface area contributed by atoms with E-state index >= 15 is 0 Å². The molecule has 0 radical (unpaired) electrons. The molecular weight excluding hydrogens is 516 g/mol. The number of nitrogens with one attached hydrogen (secondary N) is 1. The van der Waals surface area contributed by atoms with Gasteiger partial charge in [0.2, 0.25) is 11.7 Å². The third-order valence-corrected chi connectivity index (χ3v) is 6.56. The summed E-state index contributed by atoms with van der Waals surface area (Å²) < 4.78 is 11.3. The van der Waals surface area contributed by atoms with Crippen LogP contribution in [0.1, 0.15) is 56.7 Å². The highest BCUT2D eigenvalue weighted by atomic mass is 16.6. The molecule has 0 aromatic heterocycles. The molecule has 1 saturated carbocycles. The van der Waals surface area contributed by atoms with Crippen molar-refractivity contribution in [3.63, 3.8) is 0 Å². The average molecular weight is 547 g/mol. The van der Waals surface area contributed by atoms with E-state index < -0.39 is 21.2 Å². The van der Waals surface area contributed by atoms with E-state index in [9.17, 15) is 25.0 Å². The van der Waals surface area contributed by atoms with E-state index in [0.29, 0.717) is 5.56 Å². The molecule has 1 aliphatic rings. The SMILES string of the molecule is CCOc1cc(C=NNC(=O)C2CC2c2ccc(C(C)(C)C)cc2)ccc1Oc1ccc([N+](=O)[O-])cc1[N+](=O)[O-]. The Labute approximate surface area is 231 Å². The quantitative estimate of drug-likeness (QED) is 0.180. The fourth-order valence-electron chi connectivity index (χ4n) is 4.26. The number of rotatable bonds is 10. The smallest absolute Gasteiger partial charge is 0.318 e. The summed E-state index contributed by atoms with van der Waals surface area (Å²) in [7, 11) is 0. The maximum atomic E-state index is 12.6. The predicted octanol–water partition coefficient (Wildman–Crippen LogP) is 6.25. The molecule has 1 fully saturated rings. The largest absolute Gasteiger partial charge is 0.490 e. The van der Waals surface area contributed by atoms with Gasteiger partial charge in [-0.25, -0.2) is 5.43 Å². The summed E-state index contributed by atoms with van der Waals surface area (Å²) in [4.78, 5) is 33.6. The molecule has 1 amide bonds. The molecular formula is C29H30N4O7. The number of benzene rings is 3. The monoisotopic (exact) mass is 546 g/mol.